The van der Waals surface area contributed by atoms with Gasteiger partial charge in [0.25, 0.3) is 0 Å². The summed E-state index contributed by atoms with van der Waals surface area (Å²) in [7, 11) is 0. The summed E-state index contributed by atoms with van der Waals surface area (Å²) in [6.45, 7) is 6.85. The molecule has 0 heterocycles. The highest BCUT2D eigenvalue weighted by Crippen LogP contribution is 2.67. The van der Waals surface area contributed by atoms with Crippen LogP contribution >= 0.6 is 0 Å². The number of hydrogen-bond donors (Lipinski definition) is 1. The normalized spacial score (nSPS) is 54.3. The van der Waals surface area contributed by atoms with E-state index in [4.69, 9.17) is 0 Å². The van der Waals surface area contributed by atoms with Gasteiger partial charge in [-0.2, -0.15) is 0 Å². The molecule has 1 N–H and O–H groups in total. The second kappa shape index (κ2) is 4.47. The first-order valence-corrected chi connectivity index (χ1v) is 9.24. The second-order valence-electron chi connectivity index (χ2n) is 9.24. The molecule has 0 spiro atoms. The molecule has 4 rings (SSSR count). The van der Waals surface area contributed by atoms with Gasteiger partial charge in [0, 0.05) is 6.42 Å². The lowest BCUT2D eigenvalue weighted by Crippen LogP contribution is -2.53. The number of carbonyl (C=O) groups is 1. The molecule has 0 aliphatic heterocycles. The van der Waals surface area contributed by atoms with E-state index in [1.807, 2.05) is 6.08 Å². The minimum atomic E-state index is -0.484. The maximum atomic E-state index is 11.8. The van der Waals surface area contributed by atoms with Crippen LogP contribution < -0.4 is 0 Å². The Kier molecular flexibility index (Phi) is 3.03. The Labute approximate surface area is 134 Å². The Morgan fingerprint density at radius 1 is 1.00 bits per heavy atom. The number of allylic oxidation sites excluding steroid dienone is 1. The highest BCUT2D eigenvalue weighted by Gasteiger charge is 2.62. The van der Waals surface area contributed by atoms with E-state index in [0.717, 1.165) is 43.9 Å². The van der Waals surface area contributed by atoms with Crippen LogP contribution in [0.2, 0.25) is 0 Å². The van der Waals surface area contributed by atoms with Gasteiger partial charge >= 0.3 is 0 Å². The molecule has 0 bridgehead atoms. The molecule has 3 saturated carbocycles. The maximum Gasteiger partial charge on any atom is 0.155 e. The summed E-state index contributed by atoms with van der Waals surface area (Å²) in [5.74, 6) is 2.50. The van der Waals surface area contributed by atoms with Crippen molar-refractivity contribution in [3.63, 3.8) is 0 Å². The summed E-state index contributed by atoms with van der Waals surface area (Å²) >= 11 is 0. The van der Waals surface area contributed by atoms with Crippen LogP contribution in [0.1, 0.15) is 72.1 Å². The van der Waals surface area contributed by atoms with E-state index >= 15 is 0 Å². The molecule has 4 unspecified atom stereocenters. The van der Waals surface area contributed by atoms with Crippen molar-refractivity contribution in [2.24, 2.45) is 28.6 Å². The zero-order valence-electron chi connectivity index (χ0n) is 14.3. The van der Waals surface area contributed by atoms with Crippen molar-refractivity contribution < 1.29 is 9.90 Å². The zero-order valence-corrected chi connectivity index (χ0v) is 14.3. The molecule has 0 aromatic heterocycles. The predicted molar refractivity (Wildman–Crippen MR) is 87.3 cm³/mol. The lowest BCUT2D eigenvalue weighted by molar-refractivity contribution is -0.124. The predicted octanol–water partition coefficient (Wildman–Crippen LogP) is 4.27. The van der Waals surface area contributed by atoms with Gasteiger partial charge in [-0.25, -0.2) is 0 Å². The molecule has 2 heteroatoms. The molecule has 122 valence electrons. The smallest absolute Gasteiger partial charge is 0.155 e. The topological polar surface area (TPSA) is 37.3 Å². The number of rotatable bonds is 0. The summed E-state index contributed by atoms with van der Waals surface area (Å²) in [6.07, 6.45) is 10.7. The minimum absolute atomic E-state index is 0.107. The number of carbonyl (C=O) groups excluding carboxylic acids is 1. The molecule has 22 heavy (non-hydrogen) atoms. The summed E-state index contributed by atoms with van der Waals surface area (Å²) < 4.78 is 0. The number of hydrogen-bond acceptors (Lipinski definition) is 2. The van der Waals surface area contributed by atoms with Gasteiger partial charge in [0.05, 0.1) is 5.60 Å². The van der Waals surface area contributed by atoms with Crippen LogP contribution in [0.5, 0.6) is 0 Å². The minimum Gasteiger partial charge on any atom is -0.390 e. The fourth-order valence-electron chi connectivity index (χ4n) is 6.80. The first kappa shape index (κ1) is 14.9. The fourth-order valence-corrected chi connectivity index (χ4v) is 6.80. The third kappa shape index (κ3) is 1.74. The first-order chi connectivity index (χ1) is 10.3. The summed E-state index contributed by atoms with van der Waals surface area (Å²) in [5.41, 5.74) is 1.32. The average Bonchev–Trinajstić information content (AvgIpc) is 2.70. The third-order valence-electron chi connectivity index (χ3n) is 8.52. The average molecular weight is 302 g/mol. The maximum absolute atomic E-state index is 11.8. The van der Waals surface area contributed by atoms with Crippen molar-refractivity contribution in [2.45, 2.75) is 77.7 Å². The Bertz CT molecular complexity index is 546. The number of ketones is 1. The van der Waals surface area contributed by atoms with Crippen molar-refractivity contribution in [3.05, 3.63) is 11.6 Å². The molecule has 2 nitrogen and oxygen atoms in total. The van der Waals surface area contributed by atoms with Crippen molar-refractivity contribution in [3.8, 4) is 0 Å². The van der Waals surface area contributed by atoms with Crippen molar-refractivity contribution in [1.82, 2.24) is 0 Å². The van der Waals surface area contributed by atoms with Crippen LogP contribution in [0.3, 0.4) is 0 Å². The SMILES string of the molecule is CC1(O)CCC2C3CCC4=CC(=O)CC[C@]4(C)C3CC[C@@]21C. The van der Waals surface area contributed by atoms with E-state index in [1.165, 1.54) is 24.8 Å². The molecule has 0 radical (unpaired) electrons. The Morgan fingerprint density at radius 3 is 2.50 bits per heavy atom. The van der Waals surface area contributed by atoms with E-state index in [-0.39, 0.29) is 10.8 Å². The Balaban J connectivity index is 1.70. The Hall–Kier alpha value is -0.630. The molecule has 4 aliphatic rings. The van der Waals surface area contributed by atoms with Crippen molar-refractivity contribution in [2.75, 3.05) is 0 Å². The largest absolute Gasteiger partial charge is 0.390 e. The third-order valence-corrected chi connectivity index (χ3v) is 8.52. The van der Waals surface area contributed by atoms with E-state index < -0.39 is 5.60 Å². The van der Waals surface area contributed by atoms with Gasteiger partial charge < -0.3 is 5.11 Å². The first-order valence-electron chi connectivity index (χ1n) is 9.24. The van der Waals surface area contributed by atoms with Gasteiger partial charge in [-0.1, -0.05) is 19.4 Å². The highest BCUT2D eigenvalue weighted by atomic mass is 16.3. The molecular weight excluding hydrogens is 272 g/mol. The van der Waals surface area contributed by atoms with E-state index in [2.05, 4.69) is 20.8 Å². The molecule has 3 fully saturated rings. The van der Waals surface area contributed by atoms with Gasteiger partial charge in [0.1, 0.15) is 0 Å². The quantitative estimate of drug-likeness (QED) is 0.725. The summed E-state index contributed by atoms with van der Waals surface area (Å²) in [6, 6.07) is 0. The molecule has 0 amide bonds. The van der Waals surface area contributed by atoms with E-state index in [1.54, 1.807) is 0 Å². The Morgan fingerprint density at radius 2 is 1.73 bits per heavy atom. The molecule has 4 aliphatic carbocycles. The number of aliphatic hydroxyl groups is 1. The highest BCUT2D eigenvalue weighted by molar-refractivity contribution is 5.91. The van der Waals surface area contributed by atoms with Crippen LogP contribution in [0.25, 0.3) is 0 Å². The van der Waals surface area contributed by atoms with Gasteiger partial charge in [-0.05, 0) is 86.5 Å². The van der Waals surface area contributed by atoms with Crippen LogP contribution in [0.15, 0.2) is 11.6 Å². The van der Waals surface area contributed by atoms with Gasteiger partial charge in [0.15, 0.2) is 5.78 Å². The van der Waals surface area contributed by atoms with Gasteiger partial charge in [0.2, 0.25) is 0 Å². The zero-order chi connectivity index (χ0) is 15.8. The lowest BCUT2D eigenvalue weighted by atomic mass is 9.46. The van der Waals surface area contributed by atoms with E-state index in [9.17, 15) is 9.90 Å². The van der Waals surface area contributed by atoms with Gasteiger partial charge in [-0.15, -0.1) is 0 Å². The lowest BCUT2D eigenvalue weighted by Gasteiger charge is -2.58. The van der Waals surface area contributed by atoms with Crippen LogP contribution in [-0.2, 0) is 4.79 Å². The van der Waals surface area contributed by atoms with Crippen LogP contribution in [-0.4, -0.2) is 16.5 Å². The number of fused-ring (bicyclic) bond motifs is 5. The molecule has 0 saturated heterocycles. The summed E-state index contributed by atoms with van der Waals surface area (Å²) in [5, 5.41) is 10.9. The van der Waals surface area contributed by atoms with E-state index in [0.29, 0.717) is 11.7 Å². The van der Waals surface area contributed by atoms with Crippen molar-refractivity contribution in [1.29, 1.82) is 0 Å². The monoisotopic (exact) mass is 302 g/mol. The molecule has 0 aromatic carbocycles. The molecule has 6 atom stereocenters. The standard InChI is InChI=1S/C20H30O2/c1-18-9-6-14(21)12-13(18)4-5-15-16(18)7-10-19(2)17(15)8-11-20(19,3)22/h12,15-17,22H,4-11H2,1-3H3/t15?,16?,17?,18-,19-,20?/m0/s1. The molecule has 0 aromatic rings. The second-order valence-corrected chi connectivity index (χ2v) is 9.24. The molecular formula is C20H30O2. The summed E-state index contributed by atoms with van der Waals surface area (Å²) in [4.78, 5) is 11.8. The van der Waals surface area contributed by atoms with Crippen molar-refractivity contribution >= 4 is 5.78 Å². The van der Waals surface area contributed by atoms with Crippen LogP contribution in [0, 0.1) is 28.6 Å². The fraction of sp³-hybridized carbons (Fsp3) is 0.850. The van der Waals surface area contributed by atoms with Gasteiger partial charge in [-0.3, -0.25) is 4.79 Å². The van der Waals surface area contributed by atoms with Crippen LogP contribution in [0.4, 0.5) is 0 Å².